The van der Waals surface area contributed by atoms with Gasteiger partial charge in [0.25, 0.3) is 0 Å². The van der Waals surface area contributed by atoms with Gasteiger partial charge >= 0.3 is 0 Å². The van der Waals surface area contributed by atoms with Crippen LogP contribution in [0.2, 0.25) is 0 Å². The molecule has 0 atom stereocenters. The van der Waals surface area contributed by atoms with E-state index in [0.717, 1.165) is 49.9 Å². The van der Waals surface area contributed by atoms with Gasteiger partial charge in [0.2, 0.25) is 0 Å². The lowest BCUT2D eigenvalue weighted by atomic mass is 9.92. The predicted molar refractivity (Wildman–Crippen MR) is 213 cm³/mol. The van der Waals surface area contributed by atoms with E-state index in [4.69, 9.17) is 4.42 Å². The van der Waals surface area contributed by atoms with Crippen molar-refractivity contribution >= 4 is 65.6 Å². The fourth-order valence-corrected chi connectivity index (χ4v) is 8.38. The Morgan fingerprint density at radius 1 is 0.333 bits per heavy atom. The molecule has 8 aromatic carbocycles. The van der Waals surface area contributed by atoms with Crippen LogP contribution in [0.3, 0.4) is 0 Å². The van der Waals surface area contributed by atoms with E-state index >= 15 is 0 Å². The topological polar surface area (TPSA) is 23.0 Å². The Morgan fingerprint density at radius 3 is 1.59 bits per heavy atom. The van der Waals surface area contributed by atoms with Crippen LogP contribution in [0.15, 0.2) is 186 Å². The third-order valence-corrected chi connectivity index (χ3v) is 10.5. The molecule has 0 aliphatic carbocycles. The summed E-state index contributed by atoms with van der Waals surface area (Å²) in [7, 11) is 0. The number of rotatable bonds is 4. The van der Waals surface area contributed by atoms with Gasteiger partial charge in [0, 0.05) is 38.2 Å². The van der Waals surface area contributed by atoms with Crippen LogP contribution in [0.1, 0.15) is 0 Å². The van der Waals surface area contributed by atoms with Crippen molar-refractivity contribution in [3.05, 3.63) is 182 Å². The number of furan rings is 1. The van der Waals surface area contributed by atoms with Crippen molar-refractivity contribution in [2.45, 2.75) is 0 Å². The highest BCUT2D eigenvalue weighted by atomic mass is 16.3. The first-order chi connectivity index (χ1) is 25.3. The van der Waals surface area contributed by atoms with Crippen LogP contribution in [0.5, 0.6) is 0 Å². The lowest BCUT2D eigenvalue weighted by Crippen LogP contribution is -2.00. The number of hydrogen-bond acceptors (Lipinski definition) is 1. The molecule has 0 saturated heterocycles. The van der Waals surface area contributed by atoms with Gasteiger partial charge in [-0.25, -0.2) is 0 Å². The second kappa shape index (κ2) is 10.8. The Kier molecular flexibility index (Phi) is 5.96. The minimum atomic E-state index is 0.872. The maximum absolute atomic E-state index is 6.58. The molecular formula is C48H30N2O. The molecule has 0 unspecified atom stereocenters. The van der Waals surface area contributed by atoms with Gasteiger partial charge in [0.15, 0.2) is 0 Å². The minimum Gasteiger partial charge on any atom is -0.456 e. The van der Waals surface area contributed by atoms with E-state index in [-0.39, 0.29) is 0 Å². The summed E-state index contributed by atoms with van der Waals surface area (Å²) in [5.41, 5.74) is 13.4. The number of para-hydroxylation sites is 4. The number of nitrogens with zero attached hydrogens (tertiary/aromatic N) is 2. The van der Waals surface area contributed by atoms with Crippen LogP contribution < -0.4 is 0 Å². The summed E-state index contributed by atoms with van der Waals surface area (Å²) in [4.78, 5) is 0. The first kappa shape index (κ1) is 28.0. The quantitative estimate of drug-likeness (QED) is 0.186. The third-order valence-electron chi connectivity index (χ3n) is 10.5. The molecule has 3 nitrogen and oxygen atoms in total. The maximum atomic E-state index is 6.58. The summed E-state index contributed by atoms with van der Waals surface area (Å²) in [6.07, 6.45) is 0. The van der Waals surface area contributed by atoms with Gasteiger partial charge < -0.3 is 13.6 Å². The molecule has 51 heavy (non-hydrogen) atoms. The van der Waals surface area contributed by atoms with E-state index in [1.54, 1.807) is 0 Å². The smallest absolute Gasteiger partial charge is 0.137 e. The van der Waals surface area contributed by atoms with Crippen LogP contribution in [-0.2, 0) is 0 Å². The molecule has 0 spiro atoms. The SMILES string of the molecule is c1ccc(-c2ccccc2-c2ccc3oc4ccccc4c3c2-n2c3ccccc3c3ccc(-n4c5ccccc5c5ccccc54)cc32)cc1. The molecule has 3 heterocycles. The molecular weight excluding hydrogens is 621 g/mol. The van der Waals surface area contributed by atoms with Gasteiger partial charge in [-0.05, 0) is 65.2 Å². The van der Waals surface area contributed by atoms with Crippen molar-refractivity contribution in [1.29, 1.82) is 0 Å². The van der Waals surface area contributed by atoms with Crippen LogP contribution in [-0.4, -0.2) is 9.13 Å². The summed E-state index contributed by atoms with van der Waals surface area (Å²) in [5, 5.41) is 7.14. The molecule has 3 aromatic heterocycles. The maximum Gasteiger partial charge on any atom is 0.137 e. The minimum absolute atomic E-state index is 0.872. The molecule has 0 bridgehead atoms. The zero-order valence-electron chi connectivity index (χ0n) is 27.6. The zero-order chi connectivity index (χ0) is 33.5. The number of fused-ring (bicyclic) bond motifs is 9. The van der Waals surface area contributed by atoms with E-state index < -0.39 is 0 Å². The average Bonchev–Trinajstić information content (AvgIpc) is 3.85. The summed E-state index contributed by atoms with van der Waals surface area (Å²) < 4.78 is 11.5. The third kappa shape index (κ3) is 4.06. The van der Waals surface area contributed by atoms with Gasteiger partial charge in [-0.2, -0.15) is 0 Å². The second-order valence-electron chi connectivity index (χ2n) is 13.3. The Hall–Kier alpha value is -6.84. The van der Waals surface area contributed by atoms with Crippen LogP contribution >= 0.6 is 0 Å². The molecule has 11 rings (SSSR count). The normalized spacial score (nSPS) is 11.9. The Labute approximate surface area is 293 Å². The molecule has 0 aliphatic heterocycles. The lowest BCUT2D eigenvalue weighted by Gasteiger charge is -2.18. The number of hydrogen-bond donors (Lipinski definition) is 0. The zero-order valence-corrected chi connectivity index (χ0v) is 27.6. The molecule has 0 aliphatic rings. The van der Waals surface area contributed by atoms with Crippen LogP contribution in [0.25, 0.3) is 99.2 Å². The van der Waals surface area contributed by atoms with Gasteiger partial charge in [-0.15, -0.1) is 0 Å². The molecule has 0 amide bonds. The fourth-order valence-electron chi connectivity index (χ4n) is 8.38. The van der Waals surface area contributed by atoms with E-state index in [1.165, 1.54) is 49.3 Å². The van der Waals surface area contributed by atoms with E-state index in [2.05, 4.69) is 191 Å². The Morgan fingerprint density at radius 2 is 0.882 bits per heavy atom. The van der Waals surface area contributed by atoms with E-state index in [1.807, 2.05) is 0 Å². The van der Waals surface area contributed by atoms with Crippen molar-refractivity contribution in [3.8, 4) is 33.6 Å². The van der Waals surface area contributed by atoms with E-state index in [0.29, 0.717) is 0 Å². The van der Waals surface area contributed by atoms with Crippen molar-refractivity contribution in [3.63, 3.8) is 0 Å². The lowest BCUT2D eigenvalue weighted by molar-refractivity contribution is 0.669. The van der Waals surface area contributed by atoms with Crippen LogP contribution in [0, 0.1) is 0 Å². The molecule has 0 radical (unpaired) electrons. The van der Waals surface area contributed by atoms with E-state index in [9.17, 15) is 0 Å². The Bertz CT molecular complexity index is 3090. The van der Waals surface area contributed by atoms with Gasteiger partial charge in [0.05, 0.1) is 33.1 Å². The summed E-state index contributed by atoms with van der Waals surface area (Å²) in [6.45, 7) is 0. The number of aromatic nitrogens is 2. The van der Waals surface area contributed by atoms with Crippen molar-refractivity contribution in [2.24, 2.45) is 0 Å². The van der Waals surface area contributed by atoms with Gasteiger partial charge in [0.1, 0.15) is 11.2 Å². The summed E-state index contributed by atoms with van der Waals surface area (Å²) >= 11 is 0. The van der Waals surface area contributed by atoms with Gasteiger partial charge in [-0.3, -0.25) is 0 Å². The van der Waals surface area contributed by atoms with Crippen molar-refractivity contribution < 1.29 is 4.42 Å². The average molecular weight is 651 g/mol. The largest absolute Gasteiger partial charge is 0.456 e. The molecule has 3 heteroatoms. The second-order valence-corrected chi connectivity index (χ2v) is 13.3. The molecule has 0 N–H and O–H groups in total. The van der Waals surface area contributed by atoms with Gasteiger partial charge in [-0.1, -0.05) is 133 Å². The highest BCUT2D eigenvalue weighted by Gasteiger charge is 2.24. The molecule has 11 aromatic rings. The standard InChI is InChI=1S/C48H30N2O/c1-2-14-31(15-3-1)33-16-4-5-17-34(33)39-28-29-46-47(40-21-9-13-25-45(40)51-46)48(39)50-43-24-12-8-20-37(43)38-27-26-32(30-44(38)50)49-41-22-10-6-18-35(41)36-19-7-11-23-42(36)49/h1-30H. The predicted octanol–water partition coefficient (Wildman–Crippen LogP) is 13.1. The summed E-state index contributed by atoms with van der Waals surface area (Å²) in [5.74, 6) is 0. The first-order valence-corrected chi connectivity index (χ1v) is 17.4. The monoisotopic (exact) mass is 650 g/mol. The highest BCUT2D eigenvalue weighted by molar-refractivity contribution is 6.17. The van der Waals surface area contributed by atoms with Crippen LogP contribution in [0.4, 0.5) is 0 Å². The summed E-state index contributed by atoms with van der Waals surface area (Å²) in [6, 6.07) is 65.5. The molecule has 0 saturated carbocycles. The highest BCUT2D eigenvalue weighted by Crippen LogP contribution is 2.46. The Balaban J connectivity index is 1.31. The number of benzene rings is 8. The molecule has 238 valence electrons. The first-order valence-electron chi connectivity index (χ1n) is 17.4. The van der Waals surface area contributed by atoms with Crippen molar-refractivity contribution in [2.75, 3.05) is 0 Å². The van der Waals surface area contributed by atoms with Crippen molar-refractivity contribution in [1.82, 2.24) is 9.13 Å². The molecule has 0 fully saturated rings. The fraction of sp³-hybridized carbons (Fsp3) is 0.